The average molecular weight is 350 g/mol. The number of benzene rings is 1. The third kappa shape index (κ3) is 5.12. The fourth-order valence-electron chi connectivity index (χ4n) is 2.42. The minimum Gasteiger partial charge on any atom is -0.222 e. The number of halogens is 1. The summed E-state index contributed by atoms with van der Waals surface area (Å²) in [5.41, 5.74) is 4.81. The van der Waals surface area contributed by atoms with Crippen molar-refractivity contribution in [3.8, 4) is 17.1 Å². The summed E-state index contributed by atoms with van der Waals surface area (Å²) in [7, 11) is -4.94. The molecule has 0 unspecified atom stereocenters. The molecule has 2 heterocycles. The van der Waals surface area contributed by atoms with Crippen molar-refractivity contribution in [1.82, 2.24) is 10.2 Å². The van der Waals surface area contributed by atoms with Gasteiger partial charge in [-0.25, -0.2) is 18.6 Å². The van der Waals surface area contributed by atoms with Crippen LogP contribution in [0.2, 0.25) is 0 Å². The van der Waals surface area contributed by atoms with Crippen molar-refractivity contribution >= 4 is 0 Å². The first-order chi connectivity index (χ1) is 11.3. The van der Waals surface area contributed by atoms with Gasteiger partial charge in [0.05, 0.1) is 12.3 Å². The Kier molecular flexibility index (Phi) is 5.66. The van der Waals surface area contributed by atoms with Gasteiger partial charge in [0.25, 0.3) is 0 Å². The summed E-state index contributed by atoms with van der Waals surface area (Å²) >= 11 is 0. The molecule has 3 rings (SSSR count). The quantitative estimate of drug-likeness (QED) is 0.547. The van der Waals surface area contributed by atoms with Crippen LogP contribution in [0.3, 0.4) is 0 Å². The Morgan fingerprint density at radius 1 is 0.958 bits per heavy atom. The molecule has 2 aromatic heterocycles. The summed E-state index contributed by atoms with van der Waals surface area (Å²) in [5.74, 6) is 0.983. The molecule has 0 amide bonds. The minimum atomic E-state index is -4.94. The molecule has 0 fully saturated rings. The third-order valence-electron chi connectivity index (χ3n) is 3.19. The Morgan fingerprint density at radius 2 is 1.58 bits per heavy atom. The number of hydrogen-bond acceptors (Lipinski definition) is 5. The molecule has 7 nitrogen and oxygen atoms in total. The maximum Gasteiger partial charge on any atom is 0.306 e. The van der Waals surface area contributed by atoms with Crippen LogP contribution in [-0.4, -0.2) is 10.2 Å². The summed E-state index contributed by atoms with van der Waals surface area (Å²) in [4.78, 5) is 0. The fraction of sp³-hybridized carbons (Fsp3) is 0.125. The molecule has 3 aromatic rings. The van der Waals surface area contributed by atoms with Gasteiger partial charge in [-0.3, -0.25) is 0 Å². The lowest BCUT2D eigenvalue weighted by atomic mass is 10.1. The molecule has 0 atom stereocenters. The van der Waals surface area contributed by atoms with Crippen LogP contribution in [0.5, 0.6) is 0 Å². The summed E-state index contributed by atoms with van der Waals surface area (Å²) in [6.45, 7) is 4.23. The van der Waals surface area contributed by atoms with Crippen LogP contribution in [0.25, 0.3) is 17.1 Å². The molecule has 0 bridgehead atoms. The Hall–Kier alpha value is -2.29. The number of aromatic nitrogens is 3. The van der Waals surface area contributed by atoms with Crippen molar-refractivity contribution in [2.24, 2.45) is 0 Å². The van der Waals surface area contributed by atoms with Crippen molar-refractivity contribution in [1.29, 1.82) is 0 Å². The van der Waals surface area contributed by atoms with Gasteiger partial charge in [-0.2, -0.15) is 4.57 Å². The largest absolute Gasteiger partial charge is 0.306 e. The van der Waals surface area contributed by atoms with E-state index in [1.807, 2.05) is 12.1 Å². The van der Waals surface area contributed by atoms with Gasteiger partial charge in [0.15, 0.2) is 0 Å². The zero-order chi connectivity index (χ0) is 17.7. The van der Waals surface area contributed by atoms with Crippen molar-refractivity contribution in [3.63, 3.8) is 0 Å². The number of hydrogen-bond donors (Lipinski definition) is 1. The average Bonchev–Trinajstić information content (AvgIpc) is 2.99. The maximum absolute atomic E-state index is 8.49. The summed E-state index contributed by atoms with van der Waals surface area (Å²) < 4.78 is 36.2. The van der Waals surface area contributed by atoms with Gasteiger partial charge in [0.1, 0.15) is 11.4 Å². The van der Waals surface area contributed by atoms with Crippen LogP contribution in [0.15, 0.2) is 54.7 Å². The molecule has 0 spiro atoms. The van der Waals surface area contributed by atoms with Crippen molar-refractivity contribution in [2.75, 3.05) is 0 Å². The van der Waals surface area contributed by atoms with Crippen molar-refractivity contribution in [2.45, 2.75) is 13.8 Å². The number of pyridine rings is 1. The zero-order valence-corrected chi connectivity index (χ0v) is 13.9. The molecule has 0 radical (unpaired) electrons. The van der Waals surface area contributed by atoms with Crippen LogP contribution in [0, 0.1) is 24.1 Å². The van der Waals surface area contributed by atoms with E-state index < -0.39 is 10.2 Å². The van der Waals surface area contributed by atoms with Crippen molar-refractivity contribution in [3.05, 3.63) is 66.0 Å². The molecule has 0 aliphatic rings. The molecule has 1 aromatic carbocycles. The van der Waals surface area contributed by atoms with Crippen molar-refractivity contribution < 1.29 is 33.4 Å². The number of rotatable bonds is 2. The molecule has 0 saturated heterocycles. The van der Waals surface area contributed by atoms with Gasteiger partial charge in [-0.1, -0.05) is 35.4 Å². The van der Waals surface area contributed by atoms with E-state index >= 15 is 0 Å². The third-order valence-corrected chi connectivity index (χ3v) is 3.19. The Bertz CT molecular complexity index is 781. The van der Waals surface area contributed by atoms with Gasteiger partial charge >= 0.3 is 5.82 Å². The topological polar surface area (TPSA) is 125 Å². The summed E-state index contributed by atoms with van der Waals surface area (Å²) in [6, 6.07) is 16.8. The summed E-state index contributed by atoms with van der Waals surface area (Å²) in [5, 5.41) is 7.09. The number of nitrogens with one attached hydrogen (secondary N) is 1. The fourth-order valence-corrected chi connectivity index (χ4v) is 2.42. The van der Waals surface area contributed by atoms with Gasteiger partial charge in [-0.05, 0) is 31.5 Å². The second-order valence-corrected chi connectivity index (χ2v) is 5.84. The molecule has 24 heavy (non-hydrogen) atoms. The van der Waals surface area contributed by atoms with E-state index in [1.165, 1.54) is 22.5 Å². The monoisotopic (exact) mass is 349 g/mol. The lowest BCUT2D eigenvalue weighted by molar-refractivity contribution is -2.00. The normalized spacial score (nSPS) is 10.9. The minimum absolute atomic E-state index is 0.983. The van der Waals surface area contributed by atoms with Crippen LogP contribution in [-0.2, 0) is 0 Å². The molecule has 0 saturated carbocycles. The smallest absolute Gasteiger partial charge is 0.222 e. The van der Waals surface area contributed by atoms with E-state index in [1.54, 1.807) is 6.20 Å². The molecular weight excluding hydrogens is 334 g/mol. The molecule has 8 heteroatoms. The highest BCUT2D eigenvalue weighted by molar-refractivity contribution is 5.57. The second kappa shape index (κ2) is 7.52. The number of aryl methyl sites for hydroxylation is 2. The molecule has 126 valence electrons. The predicted octanol–water partition coefficient (Wildman–Crippen LogP) is -1.79. The second-order valence-electron chi connectivity index (χ2n) is 5.08. The van der Waals surface area contributed by atoms with Crippen LogP contribution in [0.4, 0.5) is 0 Å². The Balaban J connectivity index is 0.000000368. The molecular formula is C16H16ClN3O4. The Morgan fingerprint density at radius 3 is 2.12 bits per heavy atom. The van der Waals surface area contributed by atoms with E-state index in [2.05, 4.69) is 65.0 Å². The van der Waals surface area contributed by atoms with Crippen LogP contribution < -0.4 is 23.2 Å². The van der Waals surface area contributed by atoms with E-state index in [0.29, 0.717) is 0 Å². The van der Waals surface area contributed by atoms with E-state index in [-0.39, 0.29) is 0 Å². The standard InChI is InChI=1S/C16H16N3.ClHO4/c1-12-10-13(2)19(16-8-9-17-18-16)15(11-12)14-6-4-3-5-7-14;2-1(3,4)5/h3-11H,1-2H3,(H,17,18);(H,2,3,4,5)/q+1;/p-1. The van der Waals surface area contributed by atoms with E-state index in [0.717, 1.165) is 5.82 Å². The van der Waals surface area contributed by atoms with Gasteiger partial charge in [0, 0.05) is 5.56 Å². The molecule has 1 N–H and O–H groups in total. The lowest BCUT2D eigenvalue weighted by Gasteiger charge is -2.17. The lowest BCUT2D eigenvalue weighted by Crippen LogP contribution is -2.68. The summed E-state index contributed by atoms with van der Waals surface area (Å²) in [6.07, 6.45) is 1.77. The Labute approximate surface area is 141 Å². The number of nitrogens with zero attached hydrogens (tertiary/aromatic N) is 2. The van der Waals surface area contributed by atoms with E-state index in [9.17, 15) is 0 Å². The number of aromatic amines is 1. The van der Waals surface area contributed by atoms with Gasteiger partial charge in [-0.15, -0.1) is 15.3 Å². The van der Waals surface area contributed by atoms with Crippen LogP contribution >= 0.6 is 0 Å². The first-order valence-corrected chi connectivity index (χ1v) is 8.19. The van der Waals surface area contributed by atoms with E-state index in [4.69, 9.17) is 18.6 Å². The SMILES string of the molecule is Cc1cc(C)[n+](-c2ccn[nH]2)c(-c2ccccc2)c1.[O-][Cl+3]([O-])([O-])[O-]. The highest BCUT2D eigenvalue weighted by Gasteiger charge is 2.17. The maximum atomic E-state index is 8.49. The predicted molar refractivity (Wildman–Crippen MR) is 75.0 cm³/mol. The zero-order valence-electron chi connectivity index (χ0n) is 13.1. The number of H-pyrrole nitrogens is 1. The first-order valence-electron chi connectivity index (χ1n) is 6.96. The molecule has 0 aliphatic heterocycles. The highest BCUT2D eigenvalue weighted by atomic mass is 35.7. The van der Waals surface area contributed by atoms with Gasteiger partial charge < -0.3 is 0 Å². The van der Waals surface area contributed by atoms with Crippen LogP contribution in [0.1, 0.15) is 11.3 Å². The first kappa shape index (κ1) is 18.1. The van der Waals surface area contributed by atoms with Gasteiger partial charge in [0.2, 0.25) is 0 Å². The molecule has 0 aliphatic carbocycles. The highest BCUT2D eigenvalue weighted by Crippen LogP contribution is 2.18.